The van der Waals surface area contributed by atoms with Gasteiger partial charge in [0.05, 0.1) is 5.41 Å². The summed E-state index contributed by atoms with van der Waals surface area (Å²) in [6.07, 6.45) is 1.50. The van der Waals surface area contributed by atoms with Crippen molar-refractivity contribution in [1.29, 1.82) is 0 Å². The zero-order valence-electron chi connectivity index (χ0n) is 10.1. The van der Waals surface area contributed by atoms with Gasteiger partial charge in [0, 0.05) is 20.3 Å². The summed E-state index contributed by atoms with van der Waals surface area (Å²) < 4.78 is 10.4. The molecule has 1 heterocycles. The molecule has 0 unspecified atom stereocenters. The third-order valence-corrected chi connectivity index (χ3v) is 3.48. The molecule has 0 bridgehead atoms. The highest BCUT2D eigenvalue weighted by Crippen LogP contribution is 2.35. The number of methoxy groups -OCH3 is 1. The maximum Gasteiger partial charge on any atom is 0.169 e. The van der Waals surface area contributed by atoms with Crippen LogP contribution in [-0.2, 0) is 19.7 Å². The number of hydrogen-bond acceptors (Lipinski definition) is 3. The topological polar surface area (TPSA) is 35.5 Å². The van der Waals surface area contributed by atoms with Gasteiger partial charge in [-0.3, -0.25) is 4.79 Å². The van der Waals surface area contributed by atoms with Crippen LogP contribution < -0.4 is 0 Å². The molecule has 1 aliphatic rings. The van der Waals surface area contributed by atoms with Gasteiger partial charge in [-0.2, -0.15) is 0 Å². The second-order valence-electron chi connectivity index (χ2n) is 4.42. The van der Waals surface area contributed by atoms with Crippen LogP contribution in [0.2, 0.25) is 0 Å². The van der Waals surface area contributed by atoms with Crippen LogP contribution >= 0.6 is 0 Å². The third kappa shape index (κ3) is 2.40. The monoisotopic (exact) mass is 234 g/mol. The van der Waals surface area contributed by atoms with Crippen LogP contribution in [0.1, 0.15) is 18.4 Å². The molecule has 0 aliphatic carbocycles. The molecule has 1 aromatic rings. The van der Waals surface area contributed by atoms with Crippen LogP contribution in [0.5, 0.6) is 0 Å². The van der Waals surface area contributed by atoms with E-state index >= 15 is 0 Å². The molecular weight excluding hydrogens is 216 g/mol. The predicted molar refractivity (Wildman–Crippen MR) is 65.1 cm³/mol. The van der Waals surface area contributed by atoms with Crippen LogP contribution in [0.25, 0.3) is 0 Å². The Balaban J connectivity index is 2.33. The molecule has 0 aromatic heterocycles. The minimum atomic E-state index is -0.407. The maximum atomic E-state index is 12.3. The minimum absolute atomic E-state index is 0.162. The maximum absolute atomic E-state index is 12.3. The number of Topliss-reactive ketones (excluding diaryl/α,β-unsaturated/α-hetero) is 1. The standard InChI is InChI=1S/C14H18O3/c1-16-11-13(15)14(7-9-17-10-8-14)12-5-3-2-4-6-12/h2-6H,7-11H2,1H3. The summed E-state index contributed by atoms with van der Waals surface area (Å²) in [6.45, 7) is 1.46. The number of ether oxygens (including phenoxy) is 2. The van der Waals surface area contributed by atoms with E-state index in [-0.39, 0.29) is 12.4 Å². The Labute approximate surface area is 102 Å². The summed E-state index contributed by atoms with van der Waals surface area (Å²) in [5, 5.41) is 0. The van der Waals surface area contributed by atoms with Crippen LogP contribution in [0.4, 0.5) is 0 Å². The van der Waals surface area contributed by atoms with Gasteiger partial charge in [0.2, 0.25) is 0 Å². The van der Waals surface area contributed by atoms with Crippen molar-refractivity contribution in [2.75, 3.05) is 26.9 Å². The Bertz CT molecular complexity index is 366. The molecule has 1 fully saturated rings. The number of rotatable bonds is 4. The Morgan fingerprint density at radius 2 is 1.94 bits per heavy atom. The first-order valence-electron chi connectivity index (χ1n) is 5.95. The molecule has 0 amide bonds. The summed E-state index contributed by atoms with van der Waals surface area (Å²) in [7, 11) is 1.57. The molecule has 0 radical (unpaired) electrons. The van der Waals surface area contributed by atoms with E-state index in [9.17, 15) is 4.79 Å². The van der Waals surface area contributed by atoms with Gasteiger partial charge >= 0.3 is 0 Å². The highest BCUT2D eigenvalue weighted by atomic mass is 16.5. The Kier molecular flexibility index (Phi) is 3.92. The predicted octanol–water partition coefficient (Wildman–Crippen LogP) is 1.95. The van der Waals surface area contributed by atoms with Crippen molar-refractivity contribution < 1.29 is 14.3 Å². The van der Waals surface area contributed by atoms with Gasteiger partial charge in [0.25, 0.3) is 0 Å². The van der Waals surface area contributed by atoms with E-state index in [2.05, 4.69) is 0 Å². The average molecular weight is 234 g/mol. The van der Waals surface area contributed by atoms with Crippen LogP contribution in [-0.4, -0.2) is 32.7 Å². The molecule has 1 aromatic carbocycles. The van der Waals surface area contributed by atoms with Gasteiger partial charge < -0.3 is 9.47 Å². The fourth-order valence-corrected chi connectivity index (χ4v) is 2.47. The van der Waals surface area contributed by atoms with E-state index in [1.165, 1.54) is 0 Å². The zero-order chi connectivity index (χ0) is 12.1. The van der Waals surface area contributed by atoms with Gasteiger partial charge in [-0.1, -0.05) is 30.3 Å². The molecule has 17 heavy (non-hydrogen) atoms. The molecule has 3 heteroatoms. The molecule has 1 saturated heterocycles. The molecule has 2 rings (SSSR count). The normalized spacial score (nSPS) is 18.9. The Morgan fingerprint density at radius 1 is 1.29 bits per heavy atom. The lowest BCUT2D eigenvalue weighted by molar-refractivity contribution is -0.132. The fraction of sp³-hybridized carbons (Fsp3) is 0.500. The van der Waals surface area contributed by atoms with E-state index in [0.717, 1.165) is 18.4 Å². The van der Waals surface area contributed by atoms with E-state index in [0.29, 0.717) is 13.2 Å². The summed E-state index contributed by atoms with van der Waals surface area (Å²) in [5.74, 6) is 0.162. The molecule has 0 N–H and O–H groups in total. The largest absolute Gasteiger partial charge is 0.381 e. The van der Waals surface area contributed by atoms with Gasteiger partial charge in [0.1, 0.15) is 6.61 Å². The van der Waals surface area contributed by atoms with E-state index in [1.54, 1.807) is 7.11 Å². The van der Waals surface area contributed by atoms with E-state index in [4.69, 9.17) is 9.47 Å². The van der Waals surface area contributed by atoms with Crippen molar-refractivity contribution in [2.45, 2.75) is 18.3 Å². The highest BCUT2D eigenvalue weighted by molar-refractivity contribution is 5.91. The Hall–Kier alpha value is -1.19. The lowest BCUT2D eigenvalue weighted by Gasteiger charge is -2.36. The third-order valence-electron chi connectivity index (χ3n) is 3.48. The smallest absolute Gasteiger partial charge is 0.169 e. The summed E-state index contributed by atoms with van der Waals surface area (Å²) >= 11 is 0. The first-order chi connectivity index (χ1) is 8.29. The van der Waals surface area contributed by atoms with Gasteiger partial charge in [-0.05, 0) is 18.4 Å². The quantitative estimate of drug-likeness (QED) is 0.798. The van der Waals surface area contributed by atoms with Gasteiger partial charge in [0.15, 0.2) is 5.78 Å². The summed E-state index contributed by atoms with van der Waals surface area (Å²) in [5.41, 5.74) is 0.681. The molecule has 0 spiro atoms. The second-order valence-corrected chi connectivity index (χ2v) is 4.42. The number of benzene rings is 1. The number of ketones is 1. The van der Waals surface area contributed by atoms with Crippen molar-refractivity contribution in [1.82, 2.24) is 0 Å². The van der Waals surface area contributed by atoms with Crippen molar-refractivity contribution in [3.05, 3.63) is 35.9 Å². The van der Waals surface area contributed by atoms with Crippen molar-refractivity contribution in [3.8, 4) is 0 Å². The zero-order valence-corrected chi connectivity index (χ0v) is 10.1. The first-order valence-corrected chi connectivity index (χ1v) is 5.95. The van der Waals surface area contributed by atoms with Crippen LogP contribution in [0.15, 0.2) is 30.3 Å². The lowest BCUT2D eigenvalue weighted by Crippen LogP contribution is -2.43. The van der Waals surface area contributed by atoms with Gasteiger partial charge in [-0.25, -0.2) is 0 Å². The molecule has 92 valence electrons. The van der Waals surface area contributed by atoms with E-state index < -0.39 is 5.41 Å². The molecule has 1 aliphatic heterocycles. The summed E-state index contributed by atoms with van der Waals surface area (Å²) in [4.78, 5) is 12.3. The molecule has 0 atom stereocenters. The lowest BCUT2D eigenvalue weighted by atomic mass is 9.71. The SMILES string of the molecule is COCC(=O)C1(c2ccccc2)CCOCC1. The highest BCUT2D eigenvalue weighted by Gasteiger charge is 2.40. The Morgan fingerprint density at radius 3 is 2.53 bits per heavy atom. The number of carbonyl (C=O) groups excluding carboxylic acids is 1. The summed E-state index contributed by atoms with van der Waals surface area (Å²) in [6, 6.07) is 9.98. The van der Waals surface area contributed by atoms with E-state index in [1.807, 2.05) is 30.3 Å². The fourth-order valence-electron chi connectivity index (χ4n) is 2.47. The second kappa shape index (κ2) is 5.43. The van der Waals surface area contributed by atoms with Crippen molar-refractivity contribution >= 4 is 5.78 Å². The molecule has 3 nitrogen and oxygen atoms in total. The first kappa shape index (κ1) is 12.3. The van der Waals surface area contributed by atoms with Gasteiger partial charge in [-0.15, -0.1) is 0 Å². The van der Waals surface area contributed by atoms with Crippen molar-refractivity contribution in [2.24, 2.45) is 0 Å². The number of carbonyl (C=O) groups is 1. The minimum Gasteiger partial charge on any atom is -0.381 e. The van der Waals surface area contributed by atoms with Crippen LogP contribution in [0.3, 0.4) is 0 Å². The average Bonchev–Trinajstić information content (AvgIpc) is 2.41. The molecule has 0 saturated carbocycles. The van der Waals surface area contributed by atoms with Crippen molar-refractivity contribution in [3.63, 3.8) is 0 Å². The number of hydrogen-bond donors (Lipinski definition) is 0. The molecular formula is C14H18O3. The van der Waals surface area contributed by atoms with Crippen LogP contribution in [0, 0.1) is 0 Å².